The Balaban J connectivity index is 1.63. The molecule has 2 aliphatic carbocycles. The zero-order valence-corrected chi connectivity index (χ0v) is 22.9. The fourth-order valence-corrected chi connectivity index (χ4v) is 7.68. The number of amides is 1. The molecule has 1 amide bonds. The molecule has 1 aromatic heterocycles. The molecular formula is C29H31BrN2O6. The highest BCUT2D eigenvalue weighted by atomic mass is 79.9. The number of benzene rings is 1. The second-order valence-electron chi connectivity index (χ2n) is 10.5. The molecule has 1 aromatic carbocycles. The summed E-state index contributed by atoms with van der Waals surface area (Å²) in [6.45, 7) is 3.77. The third kappa shape index (κ3) is 3.45. The quantitative estimate of drug-likeness (QED) is 0.571. The van der Waals surface area contributed by atoms with E-state index >= 15 is 0 Å². The number of ether oxygens (including phenoxy) is 3. The van der Waals surface area contributed by atoms with Gasteiger partial charge < -0.3 is 29.3 Å². The first-order valence-corrected chi connectivity index (χ1v) is 13.7. The molecule has 2 aliphatic heterocycles. The monoisotopic (exact) mass is 582 g/mol. The molecule has 9 heteroatoms. The van der Waals surface area contributed by atoms with Crippen LogP contribution in [0, 0.1) is 17.8 Å². The summed E-state index contributed by atoms with van der Waals surface area (Å²) in [5.41, 5.74) is -2.26. The lowest BCUT2D eigenvalue weighted by Crippen LogP contribution is -2.60. The van der Waals surface area contributed by atoms with E-state index < -0.39 is 35.1 Å². The van der Waals surface area contributed by atoms with E-state index in [4.69, 9.17) is 14.2 Å². The van der Waals surface area contributed by atoms with E-state index in [1.54, 1.807) is 11.1 Å². The number of fused-ring (bicyclic) bond motifs is 3. The van der Waals surface area contributed by atoms with Gasteiger partial charge in [-0.05, 0) is 11.5 Å². The molecule has 3 heterocycles. The van der Waals surface area contributed by atoms with Gasteiger partial charge in [0.1, 0.15) is 17.6 Å². The van der Waals surface area contributed by atoms with Crippen molar-refractivity contribution in [1.29, 1.82) is 0 Å². The number of carbonyl (C=O) groups is 1. The topological polar surface area (TPSA) is 101 Å². The van der Waals surface area contributed by atoms with Gasteiger partial charge in [-0.1, -0.05) is 71.4 Å². The van der Waals surface area contributed by atoms with E-state index in [1.807, 2.05) is 42.5 Å². The van der Waals surface area contributed by atoms with Crippen molar-refractivity contribution in [3.63, 3.8) is 0 Å². The maximum absolute atomic E-state index is 14.3. The Bertz CT molecular complexity index is 1300. The van der Waals surface area contributed by atoms with Gasteiger partial charge in [0.2, 0.25) is 5.91 Å². The summed E-state index contributed by atoms with van der Waals surface area (Å²) in [6.07, 6.45) is 7.59. The molecule has 1 saturated heterocycles. The van der Waals surface area contributed by atoms with Crippen LogP contribution >= 0.6 is 15.9 Å². The molecule has 38 heavy (non-hydrogen) atoms. The zero-order valence-electron chi connectivity index (χ0n) is 21.3. The molecule has 7 atom stereocenters. The van der Waals surface area contributed by atoms with Crippen molar-refractivity contribution in [3.8, 4) is 11.5 Å². The first-order chi connectivity index (χ1) is 18.3. The fraction of sp³-hybridized carbons (Fsp3) is 0.448. The molecule has 2 N–H and O–H groups in total. The second kappa shape index (κ2) is 9.48. The Morgan fingerprint density at radius 1 is 1.21 bits per heavy atom. The Kier molecular flexibility index (Phi) is 6.38. The Hall–Kier alpha value is -2.72. The van der Waals surface area contributed by atoms with Gasteiger partial charge in [0.25, 0.3) is 0 Å². The largest absolute Gasteiger partial charge is 0.495 e. The van der Waals surface area contributed by atoms with E-state index in [2.05, 4.69) is 33.9 Å². The zero-order chi connectivity index (χ0) is 26.7. The first kappa shape index (κ1) is 25.6. The number of rotatable bonds is 4. The Labute approximate surface area is 230 Å². The average molecular weight is 583 g/mol. The predicted molar refractivity (Wildman–Crippen MR) is 143 cm³/mol. The maximum Gasteiger partial charge on any atom is 0.229 e. The number of aromatic nitrogens is 1. The lowest BCUT2D eigenvalue weighted by molar-refractivity contribution is -0.169. The molecule has 2 unspecified atom stereocenters. The number of aliphatic hydroxyl groups excluding tert-OH is 1. The molecule has 0 radical (unpaired) electrons. The van der Waals surface area contributed by atoms with Gasteiger partial charge >= 0.3 is 0 Å². The van der Waals surface area contributed by atoms with E-state index in [9.17, 15) is 15.0 Å². The number of allylic oxidation sites excluding steroid dienone is 3. The van der Waals surface area contributed by atoms with Crippen LogP contribution in [-0.4, -0.2) is 71.1 Å². The van der Waals surface area contributed by atoms with Crippen molar-refractivity contribution < 1.29 is 29.2 Å². The SMILES string of the molecule is COc1cncc2c1[C@]1(O)[C@H](O)[C@H](C(=O)N3CCOCC3)[C@@H](c3ccccc3)[C@]1(C1C=CC(Br)=CC1C)O2. The molecule has 0 spiro atoms. The van der Waals surface area contributed by atoms with Gasteiger partial charge in [0.15, 0.2) is 11.2 Å². The third-order valence-corrected chi connectivity index (χ3v) is 9.18. The van der Waals surface area contributed by atoms with Crippen molar-refractivity contribution in [2.45, 2.75) is 30.1 Å². The normalized spacial score (nSPS) is 35.8. The number of carbonyl (C=O) groups excluding carboxylic acids is 1. The number of methoxy groups -OCH3 is 1. The standard InChI is InChI=1S/C29H31BrN2O6/c1-17-14-19(30)8-9-20(17)29-24(18-6-4-3-5-7-18)23(27(34)32-10-12-37-13-11-32)26(33)28(29,35)25-21(36-2)15-31-16-22(25)38-29/h3-9,14-17,20,23-24,26,33,35H,10-13H2,1-2H3/t17?,20?,23-,24-,26-,28+,29+/m1/s1. The van der Waals surface area contributed by atoms with E-state index in [-0.39, 0.29) is 11.8 Å². The summed E-state index contributed by atoms with van der Waals surface area (Å²) in [5.74, 6) is -1.71. The molecular weight excluding hydrogens is 552 g/mol. The summed E-state index contributed by atoms with van der Waals surface area (Å²) < 4.78 is 18.9. The minimum atomic E-state index is -1.97. The first-order valence-electron chi connectivity index (χ1n) is 12.9. The lowest BCUT2D eigenvalue weighted by atomic mass is 9.63. The van der Waals surface area contributed by atoms with E-state index in [1.165, 1.54) is 13.3 Å². The molecule has 2 aromatic rings. The van der Waals surface area contributed by atoms with Crippen LogP contribution in [-0.2, 0) is 15.1 Å². The van der Waals surface area contributed by atoms with Gasteiger partial charge in [0.05, 0.1) is 44.2 Å². The van der Waals surface area contributed by atoms with Crippen LogP contribution < -0.4 is 9.47 Å². The summed E-state index contributed by atoms with van der Waals surface area (Å²) in [7, 11) is 1.50. The molecule has 200 valence electrons. The van der Waals surface area contributed by atoms with Crippen LogP contribution in [0.15, 0.2) is 65.4 Å². The molecule has 4 aliphatic rings. The molecule has 6 rings (SSSR count). The number of nitrogens with zero attached hydrogens (tertiary/aromatic N) is 2. The number of morpholine rings is 1. The van der Waals surface area contributed by atoms with Gasteiger partial charge in [-0.2, -0.15) is 0 Å². The minimum Gasteiger partial charge on any atom is -0.495 e. The lowest BCUT2D eigenvalue weighted by Gasteiger charge is -2.47. The second-order valence-corrected chi connectivity index (χ2v) is 11.4. The van der Waals surface area contributed by atoms with E-state index in [0.717, 1.165) is 10.0 Å². The summed E-state index contributed by atoms with van der Waals surface area (Å²) in [4.78, 5) is 20.3. The van der Waals surface area contributed by atoms with Crippen molar-refractivity contribution >= 4 is 21.8 Å². The van der Waals surface area contributed by atoms with Crippen LogP contribution in [0.2, 0.25) is 0 Å². The van der Waals surface area contributed by atoms with Gasteiger partial charge in [-0.15, -0.1) is 0 Å². The third-order valence-electron chi connectivity index (χ3n) is 8.65. The van der Waals surface area contributed by atoms with Crippen LogP contribution in [0.3, 0.4) is 0 Å². The number of hydrogen-bond donors (Lipinski definition) is 2. The van der Waals surface area contributed by atoms with Crippen molar-refractivity contribution in [2.24, 2.45) is 17.8 Å². The summed E-state index contributed by atoms with van der Waals surface area (Å²) >= 11 is 3.58. The summed E-state index contributed by atoms with van der Waals surface area (Å²) in [6, 6.07) is 9.60. The number of hydrogen-bond acceptors (Lipinski definition) is 7. The summed E-state index contributed by atoms with van der Waals surface area (Å²) in [5, 5.41) is 25.2. The highest BCUT2D eigenvalue weighted by molar-refractivity contribution is 9.11. The number of halogens is 1. The van der Waals surface area contributed by atoms with Crippen LogP contribution in [0.25, 0.3) is 0 Å². The predicted octanol–water partition coefficient (Wildman–Crippen LogP) is 3.14. The Morgan fingerprint density at radius 3 is 2.63 bits per heavy atom. The van der Waals surface area contributed by atoms with E-state index in [0.29, 0.717) is 43.4 Å². The van der Waals surface area contributed by atoms with Crippen molar-refractivity contribution in [1.82, 2.24) is 9.88 Å². The van der Waals surface area contributed by atoms with Gasteiger partial charge in [-0.3, -0.25) is 9.78 Å². The van der Waals surface area contributed by atoms with Crippen molar-refractivity contribution in [3.05, 3.63) is 76.6 Å². The molecule has 1 saturated carbocycles. The number of pyridine rings is 1. The highest BCUT2D eigenvalue weighted by Crippen LogP contribution is 2.69. The average Bonchev–Trinajstić information content (AvgIpc) is 3.31. The van der Waals surface area contributed by atoms with Crippen LogP contribution in [0.5, 0.6) is 11.5 Å². The fourth-order valence-electron chi connectivity index (χ4n) is 7.11. The molecule has 0 bridgehead atoms. The van der Waals surface area contributed by atoms with Crippen molar-refractivity contribution in [2.75, 3.05) is 33.4 Å². The smallest absolute Gasteiger partial charge is 0.229 e. The molecule has 8 nitrogen and oxygen atoms in total. The van der Waals surface area contributed by atoms with Crippen LogP contribution in [0.4, 0.5) is 0 Å². The van der Waals surface area contributed by atoms with Gasteiger partial charge in [-0.25, -0.2) is 0 Å². The highest BCUT2D eigenvalue weighted by Gasteiger charge is 2.79. The molecule has 2 fully saturated rings. The Morgan fingerprint density at radius 2 is 1.95 bits per heavy atom. The van der Waals surface area contributed by atoms with Crippen LogP contribution in [0.1, 0.15) is 24.0 Å². The maximum atomic E-state index is 14.3. The minimum absolute atomic E-state index is 0.0928. The van der Waals surface area contributed by atoms with Gasteiger partial charge in [0, 0.05) is 29.4 Å². The number of aliphatic hydroxyl groups is 2.